The Hall–Kier alpha value is -2.41. The van der Waals surface area contributed by atoms with Gasteiger partial charge >= 0.3 is 0 Å². The Morgan fingerprint density at radius 2 is 2.19 bits per heavy atom. The van der Waals surface area contributed by atoms with Crippen LogP contribution in [0.5, 0.6) is 11.5 Å². The van der Waals surface area contributed by atoms with Gasteiger partial charge < -0.3 is 10.2 Å². The zero-order valence-electron chi connectivity index (χ0n) is 11.6. The quantitative estimate of drug-likeness (QED) is 0.594. The third-order valence-electron chi connectivity index (χ3n) is 2.70. The van der Waals surface area contributed by atoms with Crippen LogP contribution in [0.4, 0.5) is 0 Å². The van der Waals surface area contributed by atoms with Crippen LogP contribution in [0.2, 0.25) is 0 Å². The summed E-state index contributed by atoms with van der Waals surface area (Å²) in [4.78, 5) is 15.9. The van der Waals surface area contributed by atoms with E-state index in [0.29, 0.717) is 11.3 Å². The Labute approximate surface area is 125 Å². The normalized spacial score (nSPS) is 11.4. The minimum Gasteiger partial charge on any atom is -0.508 e. The van der Waals surface area contributed by atoms with Gasteiger partial charge in [-0.1, -0.05) is 0 Å². The smallest absolute Gasteiger partial charge is 0.246 e. The number of nitrogens with one attached hydrogen (secondary N) is 1. The number of hydrogen-bond donors (Lipinski definition) is 3. The van der Waals surface area contributed by atoms with Crippen molar-refractivity contribution in [2.24, 2.45) is 5.10 Å². The van der Waals surface area contributed by atoms with Gasteiger partial charge in [-0.25, -0.2) is 10.4 Å². The summed E-state index contributed by atoms with van der Waals surface area (Å²) in [5, 5.41) is 25.5. The molecular formula is C14H15N3O3S. The molecule has 1 aromatic heterocycles. The molecular weight excluding hydrogens is 290 g/mol. The summed E-state index contributed by atoms with van der Waals surface area (Å²) >= 11 is 1.42. The van der Waals surface area contributed by atoms with E-state index in [1.807, 2.05) is 12.3 Å². The third-order valence-corrected chi connectivity index (χ3v) is 3.66. The zero-order valence-corrected chi connectivity index (χ0v) is 12.4. The van der Waals surface area contributed by atoms with E-state index in [1.54, 1.807) is 6.92 Å². The fourth-order valence-corrected chi connectivity index (χ4v) is 2.46. The van der Waals surface area contributed by atoms with Crippen LogP contribution in [-0.4, -0.2) is 26.8 Å². The Morgan fingerprint density at radius 1 is 1.43 bits per heavy atom. The average Bonchev–Trinajstić information content (AvgIpc) is 2.81. The van der Waals surface area contributed by atoms with Gasteiger partial charge in [0.05, 0.1) is 12.1 Å². The van der Waals surface area contributed by atoms with Crippen molar-refractivity contribution >= 4 is 23.0 Å². The number of phenols is 2. The number of thiazole rings is 1. The molecule has 1 heterocycles. The first-order chi connectivity index (χ1) is 9.95. The number of phenolic OH excluding ortho intramolecular Hbond substituents is 2. The number of hydrazone groups is 1. The molecule has 2 aromatic rings. The van der Waals surface area contributed by atoms with Gasteiger partial charge in [-0.3, -0.25) is 4.79 Å². The first-order valence-electron chi connectivity index (χ1n) is 6.22. The number of aryl methyl sites for hydroxylation is 1. The molecule has 0 aliphatic rings. The first-order valence-corrected chi connectivity index (χ1v) is 7.10. The van der Waals surface area contributed by atoms with Crippen LogP contribution >= 0.6 is 11.3 Å². The minimum absolute atomic E-state index is 0.0350. The number of benzene rings is 1. The Morgan fingerprint density at radius 3 is 2.81 bits per heavy atom. The molecule has 1 amide bonds. The monoisotopic (exact) mass is 305 g/mol. The molecule has 0 spiro atoms. The molecule has 1 aromatic carbocycles. The van der Waals surface area contributed by atoms with E-state index in [9.17, 15) is 15.0 Å². The van der Waals surface area contributed by atoms with Gasteiger partial charge in [-0.2, -0.15) is 5.10 Å². The lowest BCUT2D eigenvalue weighted by molar-refractivity contribution is -0.120. The van der Waals surface area contributed by atoms with E-state index in [-0.39, 0.29) is 23.8 Å². The Kier molecular flexibility index (Phi) is 4.54. The molecule has 0 unspecified atom stereocenters. The standard InChI is InChI=1S/C14H15N3O3S/c1-8-7-21-14(15-8)6-13(20)17-16-9(2)11-4-3-10(18)5-12(11)19/h3-5,7,18-19H,6H2,1-2H3,(H,17,20)/b16-9+. The molecule has 0 fully saturated rings. The van der Waals surface area contributed by atoms with E-state index in [1.165, 1.54) is 29.5 Å². The molecule has 3 N–H and O–H groups in total. The first kappa shape index (κ1) is 15.0. The predicted molar refractivity (Wildman–Crippen MR) is 80.7 cm³/mol. The van der Waals surface area contributed by atoms with Crippen molar-refractivity contribution in [2.75, 3.05) is 0 Å². The van der Waals surface area contributed by atoms with E-state index in [4.69, 9.17) is 0 Å². The molecule has 0 saturated heterocycles. The van der Waals surface area contributed by atoms with Crippen molar-refractivity contribution in [3.63, 3.8) is 0 Å². The number of rotatable bonds is 4. The van der Waals surface area contributed by atoms with Crippen LogP contribution in [0.3, 0.4) is 0 Å². The van der Waals surface area contributed by atoms with Gasteiger partial charge in [0.15, 0.2) is 0 Å². The number of nitrogens with zero attached hydrogens (tertiary/aromatic N) is 2. The summed E-state index contributed by atoms with van der Waals surface area (Å²) in [6.45, 7) is 3.52. The van der Waals surface area contributed by atoms with Crippen LogP contribution in [-0.2, 0) is 11.2 Å². The molecule has 0 aliphatic heterocycles. The van der Waals surface area contributed by atoms with Gasteiger partial charge in [0, 0.05) is 22.7 Å². The summed E-state index contributed by atoms with van der Waals surface area (Å²) in [7, 11) is 0. The molecule has 7 heteroatoms. The second kappa shape index (κ2) is 6.36. The Bertz CT molecular complexity index is 695. The average molecular weight is 305 g/mol. The summed E-state index contributed by atoms with van der Waals surface area (Å²) in [5.41, 5.74) is 4.19. The lowest BCUT2D eigenvalue weighted by Crippen LogP contribution is -2.21. The maximum Gasteiger partial charge on any atom is 0.246 e. The van der Waals surface area contributed by atoms with Crippen LogP contribution < -0.4 is 5.43 Å². The highest BCUT2D eigenvalue weighted by Gasteiger charge is 2.08. The lowest BCUT2D eigenvalue weighted by atomic mass is 10.1. The lowest BCUT2D eigenvalue weighted by Gasteiger charge is -2.05. The maximum atomic E-state index is 11.7. The molecule has 110 valence electrons. The highest BCUT2D eigenvalue weighted by Crippen LogP contribution is 2.22. The van der Waals surface area contributed by atoms with Crippen molar-refractivity contribution in [3.05, 3.63) is 39.8 Å². The zero-order chi connectivity index (χ0) is 15.4. The van der Waals surface area contributed by atoms with Crippen LogP contribution in [0.1, 0.15) is 23.2 Å². The third kappa shape index (κ3) is 4.03. The summed E-state index contributed by atoms with van der Waals surface area (Å²) < 4.78 is 0. The molecule has 0 radical (unpaired) electrons. The number of carbonyl (C=O) groups excluding carboxylic acids is 1. The highest BCUT2D eigenvalue weighted by atomic mass is 32.1. The number of hydrogen-bond acceptors (Lipinski definition) is 6. The van der Waals surface area contributed by atoms with Crippen molar-refractivity contribution in [1.82, 2.24) is 10.4 Å². The Balaban J connectivity index is 2.01. The van der Waals surface area contributed by atoms with Gasteiger partial charge in [-0.05, 0) is 26.0 Å². The van der Waals surface area contributed by atoms with E-state index in [2.05, 4.69) is 15.5 Å². The topological polar surface area (TPSA) is 94.8 Å². The van der Waals surface area contributed by atoms with Crippen molar-refractivity contribution in [3.8, 4) is 11.5 Å². The number of carbonyl (C=O) groups is 1. The molecule has 21 heavy (non-hydrogen) atoms. The summed E-state index contributed by atoms with van der Waals surface area (Å²) in [5.74, 6) is -0.407. The van der Waals surface area contributed by atoms with Crippen molar-refractivity contribution in [2.45, 2.75) is 20.3 Å². The highest BCUT2D eigenvalue weighted by molar-refractivity contribution is 7.09. The molecule has 2 rings (SSSR count). The molecule has 0 saturated carbocycles. The molecule has 6 nitrogen and oxygen atoms in total. The second-order valence-corrected chi connectivity index (χ2v) is 5.44. The fraction of sp³-hybridized carbons (Fsp3) is 0.214. The minimum atomic E-state index is -0.276. The molecule has 0 atom stereocenters. The largest absolute Gasteiger partial charge is 0.508 e. The van der Waals surface area contributed by atoms with Crippen LogP contribution in [0, 0.1) is 6.92 Å². The van der Waals surface area contributed by atoms with Gasteiger partial charge in [0.25, 0.3) is 0 Å². The van der Waals surface area contributed by atoms with Gasteiger partial charge in [-0.15, -0.1) is 11.3 Å². The van der Waals surface area contributed by atoms with Crippen LogP contribution in [0.25, 0.3) is 0 Å². The fourth-order valence-electron chi connectivity index (χ4n) is 1.69. The van der Waals surface area contributed by atoms with E-state index >= 15 is 0 Å². The second-order valence-electron chi connectivity index (χ2n) is 4.49. The van der Waals surface area contributed by atoms with Crippen LogP contribution in [0.15, 0.2) is 28.7 Å². The number of aromatic nitrogens is 1. The maximum absolute atomic E-state index is 11.7. The van der Waals surface area contributed by atoms with Gasteiger partial charge in [0.2, 0.25) is 5.91 Å². The van der Waals surface area contributed by atoms with Crippen molar-refractivity contribution in [1.29, 1.82) is 0 Å². The van der Waals surface area contributed by atoms with Crippen molar-refractivity contribution < 1.29 is 15.0 Å². The predicted octanol–water partition coefficient (Wildman–Crippen LogP) is 1.95. The van der Waals surface area contributed by atoms with E-state index in [0.717, 1.165) is 10.7 Å². The van der Waals surface area contributed by atoms with E-state index < -0.39 is 0 Å². The molecule has 0 bridgehead atoms. The number of amides is 1. The van der Waals surface area contributed by atoms with Gasteiger partial charge in [0.1, 0.15) is 16.5 Å². The SMILES string of the molecule is C/C(=N\NC(=O)Cc1nc(C)cs1)c1ccc(O)cc1O. The summed E-state index contributed by atoms with van der Waals surface area (Å²) in [6, 6.07) is 4.18. The number of aromatic hydroxyl groups is 2. The summed E-state index contributed by atoms with van der Waals surface area (Å²) in [6.07, 6.45) is 0.164. The molecule has 0 aliphatic carbocycles.